The molecule has 3 aromatic rings. The van der Waals surface area contributed by atoms with Gasteiger partial charge in [-0.05, 0) is 37.1 Å². The number of aliphatic hydroxyl groups is 1. The largest absolute Gasteiger partial charge is 0.368 e. The summed E-state index contributed by atoms with van der Waals surface area (Å²) in [7, 11) is 1.77. The van der Waals surface area contributed by atoms with Crippen molar-refractivity contribution < 1.29 is 5.11 Å². The van der Waals surface area contributed by atoms with Gasteiger partial charge in [0.15, 0.2) is 11.4 Å². The Balaban J connectivity index is 1.57. The summed E-state index contributed by atoms with van der Waals surface area (Å²) < 4.78 is 3.31. The minimum absolute atomic E-state index is 0.139. The minimum atomic E-state index is -0.978. The van der Waals surface area contributed by atoms with Crippen molar-refractivity contribution in [3.05, 3.63) is 41.3 Å². The van der Waals surface area contributed by atoms with Crippen LogP contribution in [0.4, 0.5) is 11.5 Å². The van der Waals surface area contributed by atoms with E-state index in [-0.39, 0.29) is 12.1 Å². The molecule has 1 saturated carbocycles. The molecule has 9 heteroatoms. The summed E-state index contributed by atoms with van der Waals surface area (Å²) in [6.07, 6.45) is 5.17. The topological polar surface area (TPSA) is 105 Å². The van der Waals surface area contributed by atoms with Crippen molar-refractivity contribution in [1.82, 2.24) is 19.4 Å². The van der Waals surface area contributed by atoms with Gasteiger partial charge in [-0.25, -0.2) is 4.52 Å². The van der Waals surface area contributed by atoms with Gasteiger partial charge in [-0.3, -0.25) is 4.68 Å². The monoisotopic (exact) mass is 389 g/mol. The number of hydrogen-bond donors (Lipinski definition) is 4. The maximum Gasteiger partial charge on any atom is 0.174 e. The molecule has 8 nitrogen and oxygen atoms in total. The van der Waals surface area contributed by atoms with E-state index in [2.05, 4.69) is 20.8 Å². The van der Waals surface area contributed by atoms with Gasteiger partial charge in [0.05, 0.1) is 16.9 Å². The lowest BCUT2D eigenvalue weighted by atomic mass is 9.91. The molecule has 0 saturated heterocycles. The number of halogens is 1. The number of fused-ring (bicyclic) bond motifs is 1. The highest BCUT2D eigenvalue weighted by Gasteiger charge is 2.22. The van der Waals surface area contributed by atoms with Gasteiger partial charge in [0.25, 0.3) is 0 Å². The van der Waals surface area contributed by atoms with E-state index in [0.29, 0.717) is 16.5 Å². The van der Waals surface area contributed by atoms with Crippen molar-refractivity contribution >= 4 is 28.6 Å². The molecule has 3 heterocycles. The number of aliphatic hydroxyl groups excluding tert-OH is 1. The number of aromatic nitrogens is 4. The maximum absolute atomic E-state index is 10.6. The zero-order chi connectivity index (χ0) is 19.0. The van der Waals surface area contributed by atoms with Crippen molar-refractivity contribution in [3.63, 3.8) is 0 Å². The van der Waals surface area contributed by atoms with Gasteiger partial charge in [0, 0.05) is 25.3 Å². The summed E-state index contributed by atoms with van der Waals surface area (Å²) in [5.74, 6) is 0.744. The Kier molecular flexibility index (Phi) is 4.94. The van der Waals surface area contributed by atoms with Crippen LogP contribution in [0, 0.1) is 0 Å². The number of nitrogens with zero attached hydrogens (tertiary/aromatic N) is 4. The molecule has 0 radical (unpaired) electrons. The molecule has 1 unspecified atom stereocenters. The predicted molar refractivity (Wildman–Crippen MR) is 106 cm³/mol. The molecule has 5 N–H and O–H groups in total. The van der Waals surface area contributed by atoms with Crippen LogP contribution in [0.25, 0.3) is 5.52 Å². The molecule has 0 aliphatic heterocycles. The first-order valence-electron chi connectivity index (χ1n) is 9.16. The van der Waals surface area contributed by atoms with E-state index >= 15 is 0 Å². The normalized spacial score (nSPS) is 21.3. The van der Waals surface area contributed by atoms with Crippen LogP contribution in [-0.4, -0.2) is 36.6 Å². The van der Waals surface area contributed by atoms with E-state index in [1.165, 1.54) is 12.8 Å². The summed E-state index contributed by atoms with van der Waals surface area (Å²) in [5.41, 5.74) is 8.29. The number of anilines is 2. The second kappa shape index (κ2) is 7.38. The Morgan fingerprint density at radius 3 is 2.74 bits per heavy atom. The molecule has 0 aromatic carbocycles. The molecule has 0 bridgehead atoms. The molecule has 27 heavy (non-hydrogen) atoms. The first-order chi connectivity index (χ1) is 13.0. The molecule has 4 rings (SSSR count). The average molecular weight is 390 g/mol. The zero-order valence-corrected chi connectivity index (χ0v) is 15.9. The van der Waals surface area contributed by atoms with E-state index in [1.807, 2.05) is 24.3 Å². The van der Waals surface area contributed by atoms with E-state index < -0.39 is 6.23 Å². The van der Waals surface area contributed by atoms with Crippen LogP contribution in [0.3, 0.4) is 0 Å². The summed E-state index contributed by atoms with van der Waals surface area (Å²) in [5, 5.41) is 26.1. The van der Waals surface area contributed by atoms with Gasteiger partial charge in [-0.1, -0.05) is 24.4 Å². The third-order valence-electron chi connectivity index (χ3n) is 5.04. The van der Waals surface area contributed by atoms with Gasteiger partial charge < -0.3 is 21.5 Å². The zero-order valence-electron chi connectivity index (χ0n) is 15.1. The van der Waals surface area contributed by atoms with Gasteiger partial charge in [0.1, 0.15) is 5.82 Å². The van der Waals surface area contributed by atoms with Gasteiger partial charge in [-0.2, -0.15) is 10.2 Å². The van der Waals surface area contributed by atoms with Crippen molar-refractivity contribution in [2.75, 3.05) is 10.6 Å². The summed E-state index contributed by atoms with van der Waals surface area (Å²) >= 11 is 6.07. The van der Waals surface area contributed by atoms with E-state index in [9.17, 15) is 5.11 Å². The molecule has 1 aliphatic carbocycles. The lowest BCUT2D eigenvalue weighted by Gasteiger charge is -2.29. The minimum Gasteiger partial charge on any atom is -0.368 e. The van der Waals surface area contributed by atoms with Crippen LogP contribution < -0.4 is 16.4 Å². The van der Waals surface area contributed by atoms with Crippen LogP contribution in [0.1, 0.15) is 37.6 Å². The van der Waals surface area contributed by atoms with Crippen LogP contribution in [0.15, 0.2) is 30.5 Å². The molecule has 0 amide bonds. The SMILES string of the molecule is Cn1cc(NC(O)c2ccc3ccc(N[C@@H]4CCCC[C@@H]4N)nn23)c(Cl)n1. The third kappa shape index (κ3) is 3.73. The van der Waals surface area contributed by atoms with Crippen molar-refractivity contribution in [1.29, 1.82) is 0 Å². The van der Waals surface area contributed by atoms with E-state index in [0.717, 1.165) is 24.2 Å². The highest BCUT2D eigenvalue weighted by Crippen LogP contribution is 2.25. The van der Waals surface area contributed by atoms with Crippen LogP contribution >= 0.6 is 11.6 Å². The van der Waals surface area contributed by atoms with E-state index in [1.54, 1.807) is 22.4 Å². The number of hydrogen-bond acceptors (Lipinski definition) is 6. The fourth-order valence-electron chi connectivity index (χ4n) is 3.60. The van der Waals surface area contributed by atoms with E-state index in [4.69, 9.17) is 17.3 Å². The highest BCUT2D eigenvalue weighted by atomic mass is 35.5. The summed E-state index contributed by atoms with van der Waals surface area (Å²) in [4.78, 5) is 0. The molecule has 1 aliphatic rings. The van der Waals surface area contributed by atoms with Crippen LogP contribution in [0.2, 0.25) is 5.15 Å². The van der Waals surface area contributed by atoms with Gasteiger partial charge in [0.2, 0.25) is 0 Å². The fourth-order valence-corrected chi connectivity index (χ4v) is 3.82. The average Bonchev–Trinajstić information content (AvgIpc) is 3.19. The first-order valence-corrected chi connectivity index (χ1v) is 9.53. The second-order valence-corrected chi connectivity index (χ2v) is 7.42. The number of nitrogens with two attached hydrogens (primary N) is 1. The Hall–Kier alpha value is -2.29. The number of rotatable bonds is 5. The first kappa shape index (κ1) is 18.1. The summed E-state index contributed by atoms with van der Waals surface area (Å²) in [6, 6.07) is 8.02. The van der Waals surface area contributed by atoms with Crippen molar-refractivity contribution in [2.24, 2.45) is 12.8 Å². The van der Waals surface area contributed by atoms with Crippen LogP contribution in [-0.2, 0) is 7.05 Å². The summed E-state index contributed by atoms with van der Waals surface area (Å²) in [6.45, 7) is 0. The Morgan fingerprint density at radius 2 is 2.00 bits per heavy atom. The van der Waals surface area contributed by atoms with Gasteiger partial charge in [-0.15, -0.1) is 0 Å². The standard InChI is InChI=1S/C18H24ClN7O/c1-25-10-14(17(19)24-25)22-18(27)15-8-6-11-7-9-16(23-26(11)15)21-13-5-3-2-4-12(13)20/h6-10,12-13,18,22,27H,2-5,20H2,1H3,(H,21,23)/t12-,13+,18?/m0/s1. The van der Waals surface area contributed by atoms with Crippen LogP contribution in [0.5, 0.6) is 0 Å². The molecule has 144 valence electrons. The fraction of sp³-hybridized carbons (Fsp3) is 0.444. The molecular weight excluding hydrogens is 366 g/mol. The molecule has 0 spiro atoms. The third-order valence-corrected chi connectivity index (χ3v) is 5.32. The lowest BCUT2D eigenvalue weighted by molar-refractivity contribution is 0.201. The molecule has 1 fully saturated rings. The molecular formula is C18H24ClN7O. The number of nitrogens with one attached hydrogen (secondary N) is 2. The maximum atomic E-state index is 10.6. The Labute approximate surface area is 162 Å². The Bertz CT molecular complexity index is 937. The lowest BCUT2D eigenvalue weighted by Crippen LogP contribution is -2.42. The molecule has 3 aromatic heterocycles. The van der Waals surface area contributed by atoms with Crippen molar-refractivity contribution in [3.8, 4) is 0 Å². The van der Waals surface area contributed by atoms with Gasteiger partial charge >= 0.3 is 0 Å². The predicted octanol–water partition coefficient (Wildman–Crippen LogP) is 2.51. The number of aryl methyl sites for hydroxylation is 1. The van der Waals surface area contributed by atoms with Crippen molar-refractivity contribution in [2.45, 2.75) is 44.0 Å². The second-order valence-electron chi connectivity index (χ2n) is 7.07. The Morgan fingerprint density at radius 1 is 1.22 bits per heavy atom. The smallest absolute Gasteiger partial charge is 0.174 e. The highest BCUT2D eigenvalue weighted by molar-refractivity contribution is 6.31. The quantitative estimate of drug-likeness (QED) is 0.500. The molecule has 3 atom stereocenters.